The van der Waals surface area contributed by atoms with Crippen LogP contribution in [0.3, 0.4) is 0 Å². The highest BCUT2D eigenvalue weighted by Gasteiger charge is 2.13. The molecule has 0 atom stereocenters. The molecule has 2 aromatic rings. The summed E-state index contributed by atoms with van der Waals surface area (Å²) < 4.78 is 18.6. The van der Waals surface area contributed by atoms with Crippen LogP contribution in [0.2, 0.25) is 0 Å². The van der Waals surface area contributed by atoms with Gasteiger partial charge in [-0.05, 0) is 24.3 Å². The number of hydrazine groups is 1. The number of amides is 1. The Bertz CT molecular complexity index is 632. The minimum absolute atomic E-state index is 0.0428. The molecule has 1 amide bonds. The number of carbonyl (C=O) groups is 1. The molecule has 0 radical (unpaired) electrons. The number of hydrogen-bond donors (Lipinski definition) is 3. The van der Waals surface area contributed by atoms with Crippen LogP contribution in [0, 0.1) is 5.82 Å². The highest BCUT2D eigenvalue weighted by Crippen LogP contribution is 2.23. The van der Waals surface area contributed by atoms with Crippen LogP contribution in [0.5, 0.6) is 5.75 Å². The van der Waals surface area contributed by atoms with Gasteiger partial charge in [-0.3, -0.25) is 10.6 Å². The third-order valence-corrected chi connectivity index (χ3v) is 2.75. The molecule has 20 heavy (non-hydrogen) atoms. The van der Waals surface area contributed by atoms with E-state index in [1.165, 1.54) is 25.3 Å². The summed E-state index contributed by atoms with van der Waals surface area (Å²) in [4.78, 5) is 12.1. The average molecular weight is 275 g/mol. The van der Waals surface area contributed by atoms with E-state index in [0.717, 1.165) is 0 Å². The first-order valence-electron chi connectivity index (χ1n) is 5.86. The van der Waals surface area contributed by atoms with Crippen molar-refractivity contribution in [1.82, 2.24) is 0 Å². The summed E-state index contributed by atoms with van der Waals surface area (Å²) in [6, 6.07) is 10.8. The molecule has 0 saturated heterocycles. The van der Waals surface area contributed by atoms with Gasteiger partial charge in [-0.2, -0.15) is 0 Å². The number of ether oxygens (including phenoxy) is 1. The van der Waals surface area contributed by atoms with Crippen LogP contribution in [-0.2, 0) is 0 Å². The van der Waals surface area contributed by atoms with Crippen LogP contribution in [0.4, 0.5) is 15.8 Å². The highest BCUT2D eigenvalue weighted by atomic mass is 19.1. The van der Waals surface area contributed by atoms with Gasteiger partial charge in [0, 0.05) is 6.07 Å². The quantitative estimate of drug-likeness (QED) is 0.591. The van der Waals surface area contributed by atoms with Crippen molar-refractivity contribution in [3.63, 3.8) is 0 Å². The number of nitrogens with one attached hydrogen (secondary N) is 2. The van der Waals surface area contributed by atoms with Crippen LogP contribution < -0.4 is 21.3 Å². The van der Waals surface area contributed by atoms with E-state index in [1.807, 2.05) is 0 Å². The van der Waals surface area contributed by atoms with E-state index in [4.69, 9.17) is 10.6 Å². The molecule has 104 valence electrons. The molecule has 2 rings (SSSR count). The molecule has 0 heterocycles. The second kappa shape index (κ2) is 6.03. The normalized spacial score (nSPS) is 9.95. The lowest BCUT2D eigenvalue weighted by atomic mass is 10.1. The van der Waals surface area contributed by atoms with E-state index in [-0.39, 0.29) is 5.69 Å². The Morgan fingerprint density at radius 3 is 2.65 bits per heavy atom. The Labute approximate surface area is 115 Å². The lowest BCUT2D eigenvalue weighted by Crippen LogP contribution is -2.17. The lowest BCUT2D eigenvalue weighted by molar-refractivity contribution is 0.102. The number of anilines is 2. The van der Waals surface area contributed by atoms with Gasteiger partial charge in [-0.1, -0.05) is 12.1 Å². The van der Waals surface area contributed by atoms with Gasteiger partial charge in [0.1, 0.15) is 11.6 Å². The summed E-state index contributed by atoms with van der Waals surface area (Å²) in [6.07, 6.45) is 0. The number of nitrogen functional groups attached to an aromatic ring is 1. The molecule has 0 aliphatic heterocycles. The zero-order valence-corrected chi connectivity index (χ0v) is 10.8. The Hall–Kier alpha value is -2.60. The first-order valence-corrected chi connectivity index (χ1v) is 5.86. The molecule has 0 aromatic heterocycles. The second-order valence-corrected chi connectivity index (χ2v) is 3.99. The van der Waals surface area contributed by atoms with Gasteiger partial charge in [0.15, 0.2) is 0 Å². The van der Waals surface area contributed by atoms with Gasteiger partial charge >= 0.3 is 0 Å². The van der Waals surface area contributed by atoms with Crippen molar-refractivity contribution in [2.24, 2.45) is 5.84 Å². The number of methoxy groups -OCH3 is 1. The van der Waals surface area contributed by atoms with E-state index in [1.54, 1.807) is 24.3 Å². The van der Waals surface area contributed by atoms with Gasteiger partial charge in [0.05, 0.1) is 24.0 Å². The molecule has 0 fully saturated rings. The molecule has 0 bridgehead atoms. The van der Waals surface area contributed by atoms with E-state index >= 15 is 0 Å². The minimum Gasteiger partial charge on any atom is -0.497 e. The lowest BCUT2D eigenvalue weighted by Gasteiger charge is -2.11. The SMILES string of the molecule is COc1ccc(F)c(NC(=O)c2ccccc2NN)c1. The number of benzene rings is 2. The van der Waals surface area contributed by atoms with Crippen LogP contribution >= 0.6 is 0 Å². The number of halogens is 1. The minimum atomic E-state index is -0.544. The van der Waals surface area contributed by atoms with E-state index < -0.39 is 11.7 Å². The number of hydrogen-bond acceptors (Lipinski definition) is 4. The number of rotatable bonds is 4. The summed E-state index contributed by atoms with van der Waals surface area (Å²) in [7, 11) is 1.46. The van der Waals surface area contributed by atoms with Crippen LogP contribution in [-0.4, -0.2) is 13.0 Å². The zero-order valence-electron chi connectivity index (χ0n) is 10.8. The monoisotopic (exact) mass is 275 g/mol. The van der Waals surface area contributed by atoms with Gasteiger partial charge in [-0.25, -0.2) is 4.39 Å². The largest absolute Gasteiger partial charge is 0.497 e. The first kappa shape index (κ1) is 13.8. The van der Waals surface area contributed by atoms with Gasteiger partial charge in [-0.15, -0.1) is 0 Å². The standard InChI is InChI=1S/C14H14FN3O2/c1-20-9-6-7-11(15)13(8-9)17-14(19)10-4-2-3-5-12(10)18-16/h2-8,18H,16H2,1H3,(H,17,19). The first-order chi connectivity index (χ1) is 9.65. The van der Waals surface area contributed by atoms with Gasteiger partial charge < -0.3 is 15.5 Å². The molecule has 0 saturated carbocycles. The third kappa shape index (κ3) is 2.86. The van der Waals surface area contributed by atoms with Gasteiger partial charge in [0.2, 0.25) is 0 Å². The Balaban J connectivity index is 2.27. The van der Waals surface area contributed by atoms with E-state index in [2.05, 4.69) is 10.7 Å². The zero-order chi connectivity index (χ0) is 14.5. The maximum Gasteiger partial charge on any atom is 0.257 e. The highest BCUT2D eigenvalue weighted by molar-refractivity contribution is 6.08. The molecule has 5 nitrogen and oxygen atoms in total. The summed E-state index contributed by atoms with van der Waals surface area (Å²) in [5.41, 5.74) is 3.23. The Kier molecular flexibility index (Phi) is 4.17. The molecule has 0 aliphatic carbocycles. The van der Waals surface area contributed by atoms with Gasteiger partial charge in [0.25, 0.3) is 5.91 Å². The summed E-state index contributed by atoms with van der Waals surface area (Å²) >= 11 is 0. The predicted molar refractivity (Wildman–Crippen MR) is 75.2 cm³/mol. The fraction of sp³-hybridized carbons (Fsp3) is 0.0714. The molecule has 4 N–H and O–H groups in total. The molecule has 2 aromatic carbocycles. The summed E-state index contributed by atoms with van der Waals surface area (Å²) in [6.45, 7) is 0. The maximum absolute atomic E-state index is 13.7. The predicted octanol–water partition coefficient (Wildman–Crippen LogP) is 2.37. The number of para-hydroxylation sites is 1. The number of carbonyl (C=O) groups excluding carboxylic acids is 1. The van der Waals surface area contributed by atoms with E-state index in [9.17, 15) is 9.18 Å². The molecule has 0 aliphatic rings. The van der Waals surface area contributed by atoms with Crippen LogP contribution in [0.25, 0.3) is 0 Å². The van der Waals surface area contributed by atoms with Crippen molar-refractivity contribution < 1.29 is 13.9 Å². The van der Waals surface area contributed by atoms with Crippen LogP contribution in [0.1, 0.15) is 10.4 Å². The molecule has 0 spiro atoms. The van der Waals surface area contributed by atoms with Crippen molar-refractivity contribution in [2.75, 3.05) is 17.9 Å². The van der Waals surface area contributed by atoms with Crippen molar-refractivity contribution in [1.29, 1.82) is 0 Å². The summed E-state index contributed by atoms with van der Waals surface area (Å²) in [5, 5.41) is 2.49. The molecular formula is C14H14FN3O2. The molecule has 6 heteroatoms. The Morgan fingerprint density at radius 2 is 1.95 bits per heavy atom. The van der Waals surface area contributed by atoms with Crippen LogP contribution in [0.15, 0.2) is 42.5 Å². The second-order valence-electron chi connectivity index (χ2n) is 3.99. The average Bonchev–Trinajstić information content (AvgIpc) is 2.49. The van der Waals surface area contributed by atoms with E-state index in [0.29, 0.717) is 17.0 Å². The number of nitrogens with two attached hydrogens (primary N) is 1. The summed E-state index contributed by atoms with van der Waals surface area (Å²) in [5.74, 6) is 4.77. The fourth-order valence-corrected chi connectivity index (χ4v) is 1.72. The fourth-order valence-electron chi connectivity index (χ4n) is 1.72. The third-order valence-electron chi connectivity index (χ3n) is 2.75. The smallest absolute Gasteiger partial charge is 0.257 e. The van der Waals surface area contributed by atoms with Crippen molar-refractivity contribution in [3.05, 3.63) is 53.8 Å². The van der Waals surface area contributed by atoms with Crippen molar-refractivity contribution in [2.45, 2.75) is 0 Å². The van der Waals surface area contributed by atoms with Crippen molar-refractivity contribution in [3.8, 4) is 5.75 Å². The molecule has 0 unspecified atom stereocenters. The van der Waals surface area contributed by atoms with Crippen molar-refractivity contribution >= 4 is 17.3 Å². The molecular weight excluding hydrogens is 261 g/mol. The topological polar surface area (TPSA) is 76.4 Å². The Morgan fingerprint density at radius 1 is 1.20 bits per heavy atom. The maximum atomic E-state index is 13.7.